The maximum absolute atomic E-state index is 9.98. The fourth-order valence-electron chi connectivity index (χ4n) is 2.85. The molecule has 154 valence electrons. The molecule has 0 saturated carbocycles. The van der Waals surface area contributed by atoms with Gasteiger partial charge in [0.2, 0.25) is 0 Å². The monoisotopic (exact) mass is 396 g/mol. The highest BCUT2D eigenvalue weighted by Crippen LogP contribution is 2.43. The zero-order valence-electron chi connectivity index (χ0n) is 16.9. The molecule has 0 aliphatic carbocycles. The Morgan fingerprint density at radius 2 is 1.31 bits per heavy atom. The predicted molar refractivity (Wildman–Crippen MR) is 114 cm³/mol. The normalized spacial score (nSPS) is 13.1. The van der Waals surface area contributed by atoms with Crippen LogP contribution in [0.2, 0.25) is 0 Å². The van der Waals surface area contributed by atoms with Crippen LogP contribution in [0.25, 0.3) is 10.8 Å². The summed E-state index contributed by atoms with van der Waals surface area (Å²) in [6.45, 7) is 4.18. The summed E-state index contributed by atoms with van der Waals surface area (Å²) < 4.78 is 18.0. The number of fused-ring (bicyclic) bond motifs is 1. The minimum absolute atomic E-state index is 0.167. The van der Waals surface area contributed by atoms with E-state index in [9.17, 15) is 10.2 Å². The van der Waals surface area contributed by atoms with Crippen molar-refractivity contribution in [1.29, 1.82) is 0 Å². The van der Waals surface area contributed by atoms with Gasteiger partial charge >= 0.3 is 0 Å². The number of hydrogen-bond acceptors (Lipinski definition) is 5. The summed E-state index contributed by atoms with van der Waals surface area (Å²) in [4.78, 5) is 0. The number of ether oxygens (including phenoxy) is 3. The van der Waals surface area contributed by atoms with E-state index in [0.717, 1.165) is 10.8 Å². The van der Waals surface area contributed by atoms with E-state index in [1.54, 1.807) is 6.07 Å². The van der Waals surface area contributed by atoms with Crippen molar-refractivity contribution in [3.63, 3.8) is 0 Å². The first-order valence-corrected chi connectivity index (χ1v) is 10.0. The summed E-state index contributed by atoms with van der Waals surface area (Å²) in [5, 5.41) is 21.6. The molecule has 0 heterocycles. The van der Waals surface area contributed by atoms with Crippen LogP contribution < -0.4 is 14.2 Å². The number of aliphatic hydroxyl groups excluding tert-OH is 2. The molecule has 0 aliphatic heterocycles. The van der Waals surface area contributed by atoms with E-state index in [2.05, 4.69) is 0 Å². The van der Waals surface area contributed by atoms with Crippen LogP contribution in [-0.2, 0) is 0 Å². The van der Waals surface area contributed by atoms with E-state index in [0.29, 0.717) is 35.8 Å². The van der Waals surface area contributed by atoms with Crippen molar-refractivity contribution in [2.75, 3.05) is 13.2 Å². The molecule has 2 unspecified atom stereocenters. The SMILES string of the molecule is CCC(O)COc1cc(Oc2ccccc2)c(OCC(O)CC)c2ccccc12. The van der Waals surface area contributed by atoms with Crippen LogP contribution in [-0.4, -0.2) is 35.6 Å². The lowest BCUT2D eigenvalue weighted by atomic mass is 10.1. The lowest BCUT2D eigenvalue weighted by Crippen LogP contribution is -2.17. The highest BCUT2D eigenvalue weighted by atomic mass is 16.5. The van der Waals surface area contributed by atoms with Gasteiger partial charge in [-0.3, -0.25) is 0 Å². The Hall–Kier alpha value is -2.76. The Labute approximate surface area is 171 Å². The Bertz CT molecular complexity index is 910. The molecule has 5 heteroatoms. The van der Waals surface area contributed by atoms with Gasteiger partial charge in [0.25, 0.3) is 0 Å². The number of rotatable bonds is 10. The third kappa shape index (κ3) is 5.40. The van der Waals surface area contributed by atoms with E-state index < -0.39 is 12.2 Å². The first-order chi connectivity index (χ1) is 14.1. The zero-order valence-corrected chi connectivity index (χ0v) is 16.9. The standard InChI is InChI=1S/C24H28O5/c1-3-17(25)15-27-22-14-23(29-19-10-6-5-7-11-19)24(28-16-18(26)4-2)21-13-9-8-12-20(21)22/h5-14,17-18,25-26H,3-4,15-16H2,1-2H3. The second kappa shape index (κ2) is 10.1. The van der Waals surface area contributed by atoms with E-state index >= 15 is 0 Å². The van der Waals surface area contributed by atoms with Crippen LogP contribution >= 0.6 is 0 Å². The first-order valence-electron chi connectivity index (χ1n) is 10.0. The first kappa shape index (κ1) is 21.0. The van der Waals surface area contributed by atoms with Crippen molar-refractivity contribution < 1.29 is 24.4 Å². The van der Waals surface area contributed by atoms with E-state index in [-0.39, 0.29) is 13.2 Å². The summed E-state index contributed by atoms with van der Waals surface area (Å²) in [6.07, 6.45) is 0.112. The topological polar surface area (TPSA) is 68.2 Å². The molecular weight excluding hydrogens is 368 g/mol. The van der Waals surface area contributed by atoms with Crippen molar-refractivity contribution in [2.24, 2.45) is 0 Å². The highest BCUT2D eigenvalue weighted by molar-refractivity contribution is 5.95. The molecule has 0 aromatic heterocycles. The Kier molecular flexibility index (Phi) is 7.33. The summed E-state index contributed by atoms with van der Waals surface area (Å²) >= 11 is 0. The Morgan fingerprint density at radius 3 is 1.97 bits per heavy atom. The van der Waals surface area contributed by atoms with E-state index in [1.807, 2.05) is 68.4 Å². The van der Waals surface area contributed by atoms with Crippen LogP contribution in [0, 0.1) is 0 Å². The molecule has 2 atom stereocenters. The molecule has 0 bridgehead atoms. The molecule has 3 aromatic rings. The number of aliphatic hydroxyl groups is 2. The van der Waals surface area contributed by atoms with E-state index in [1.165, 1.54) is 0 Å². The van der Waals surface area contributed by atoms with Gasteiger partial charge in [-0.15, -0.1) is 0 Å². The lowest BCUT2D eigenvalue weighted by Gasteiger charge is -2.20. The molecule has 0 spiro atoms. The summed E-state index contributed by atoms with van der Waals surface area (Å²) in [5.74, 6) is 2.34. The maximum atomic E-state index is 9.98. The van der Waals surface area contributed by atoms with Crippen LogP contribution in [0.4, 0.5) is 0 Å². The second-order valence-corrected chi connectivity index (χ2v) is 6.91. The molecule has 3 rings (SSSR count). The molecule has 0 amide bonds. The quantitative estimate of drug-likeness (QED) is 0.508. The van der Waals surface area contributed by atoms with Crippen molar-refractivity contribution >= 4 is 10.8 Å². The molecule has 2 N–H and O–H groups in total. The van der Waals surface area contributed by atoms with Gasteiger partial charge in [-0.25, -0.2) is 0 Å². The highest BCUT2D eigenvalue weighted by Gasteiger charge is 2.18. The summed E-state index contributed by atoms with van der Waals surface area (Å²) in [5.41, 5.74) is 0. The van der Waals surface area contributed by atoms with E-state index in [4.69, 9.17) is 14.2 Å². The van der Waals surface area contributed by atoms with Crippen LogP contribution in [0.5, 0.6) is 23.0 Å². The van der Waals surface area contributed by atoms with Gasteiger partial charge in [-0.1, -0.05) is 56.3 Å². The zero-order chi connectivity index (χ0) is 20.6. The van der Waals surface area contributed by atoms with Crippen molar-refractivity contribution in [3.8, 4) is 23.0 Å². The van der Waals surface area contributed by atoms with Gasteiger partial charge in [-0.05, 0) is 25.0 Å². The van der Waals surface area contributed by atoms with Crippen molar-refractivity contribution in [1.82, 2.24) is 0 Å². The number of para-hydroxylation sites is 1. The minimum atomic E-state index is -0.561. The molecule has 0 aliphatic rings. The predicted octanol–water partition coefficient (Wildman–Crippen LogP) is 4.93. The molecule has 5 nitrogen and oxygen atoms in total. The maximum Gasteiger partial charge on any atom is 0.173 e. The smallest absolute Gasteiger partial charge is 0.173 e. The van der Waals surface area contributed by atoms with Crippen molar-refractivity contribution in [3.05, 3.63) is 60.7 Å². The Balaban J connectivity index is 2.04. The summed E-state index contributed by atoms with van der Waals surface area (Å²) in [6, 6.07) is 18.9. The number of benzene rings is 3. The number of hydrogen-bond donors (Lipinski definition) is 2. The average molecular weight is 396 g/mol. The fourth-order valence-corrected chi connectivity index (χ4v) is 2.85. The third-order valence-electron chi connectivity index (χ3n) is 4.69. The molecule has 3 aromatic carbocycles. The fraction of sp³-hybridized carbons (Fsp3) is 0.333. The van der Waals surface area contributed by atoms with Gasteiger partial charge < -0.3 is 24.4 Å². The largest absolute Gasteiger partial charge is 0.490 e. The van der Waals surface area contributed by atoms with Crippen LogP contribution in [0.1, 0.15) is 26.7 Å². The van der Waals surface area contributed by atoms with Crippen LogP contribution in [0.3, 0.4) is 0 Å². The molecule has 0 fully saturated rings. The van der Waals surface area contributed by atoms with Gasteiger partial charge in [-0.2, -0.15) is 0 Å². The van der Waals surface area contributed by atoms with Crippen molar-refractivity contribution in [2.45, 2.75) is 38.9 Å². The van der Waals surface area contributed by atoms with Gasteiger partial charge in [0.1, 0.15) is 24.7 Å². The summed E-state index contributed by atoms with van der Waals surface area (Å²) in [7, 11) is 0. The van der Waals surface area contributed by atoms with Gasteiger partial charge in [0, 0.05) is 16.8 Å². The minimum Gasteiger partial charge on any atom is -0.490 e. The molecule has 0 radical (unpaired) electrons. The average Bonchev–Trinajstić information content (AvgIpc) is 2.77. The lowest BCUT2D eigenvalue weighted by molar-refractivity contribution is 0.102. The molecule has 0 saturated heterocycles. The second-order valence-electron chi connectivity index (χ2n) is 6.91. The molecule has 29 heavy (non-hydrogen) atoms. The third-order valence-corrected chi connectivity index (χ3v) is 4.69. The van der Waals surface area contributed by atoms with Gasteiger partial charge in [0.05, 0.1) is 12.2 Å². The Morgan fingerprint density at radius 1 is 0.724 bits per heavy atom. The molecular formula is C24H28O5. The van der Waals surface area contributed by atoms with Gasteiger partial charge in [0.15, 0.2) is 11.5 Å². The van der Waals surface area contributed by atoms with Crippen LogP contribution in [0.15, 0.2) is 60.7 Å².